The highest BCUT2D eigenvalue weighted by atomic mass is 79.9. The van der Waals surface area contributed by atoms with Gasteiger partial charge in [-0.15, -0.1) is 0 Å². The van der Waals surface area contributed by atoms with Gasteiger partial charge in [0.05, 0.1) is 12.7 Å². The van der Waals surface area contributed by atoms with Crippen LogP contribution in [0.5, 0.6) is 5.75 Å². The molecule has 0 amide bonds. The summed E-state index contributed by atoms with van der Waals surface area (Å²) in [5, 5.41) is 14.0. The number of ether oxygens (including phenoxy) is 1. The van der Waals surface area contributed by atoms with E-state index in [4.69, 9.17) is 4.74 Å². The lowest BCUT2D eigenvalue weighted by molar-refractivity contribution is 0.0250. The Balaban J connectivity index is 1.90. The summed E-state index contributed by atoms with van der Waals surface area (Å²) in [7, 11) is 1.69. The van der Waals surface area contributed by atoms with Crippen molar-refractivity contribution >= 4 is 15.9 Å². The van der Waals surface area contributed by atoms with Gasteiger partial charge in [0.2, 0.25) is 0 Å². The van der Waals surface area contributed by atoms with Gasteiger partial charge < -0.3 is 15.2 Å². The highest BCUT2D eigenvalue weighted by molar-refractivity contribution is 9.10. The summed E-state index contributed by atoms with van der Waals surface area (Å²) < 4.78 is 6.41. The first-order chi connectivity index (χ1) is 9.63. The molecule has 0 spiro atoms. The number of rotatable bonds is 5. The van der Waals surface area contributed by atoms with E-state index in [-0.39, 0.29) is 0 Å². The molecule has 3 nitrogen and oxygen atoms in total. The normalized spacial score (nSPS) is 18.6. The molecule has 0 radical (unpaired) electrons. The molecule has 0 aliphatic heterocycles. The predicted octanol–water partition coefficient (Wildman–Crippen LogP) is 3.63. The van der Waals surface area contributed by atoms with E-state index in [1.807, 2.05) is 12.1 Å². The number of benzene rings is 1. The zero-order valence-corrected chi connectivity index (χ0v) is 13.7. The standard InChI is InChI=1S/C16H24BrNO2/c1-20-15-7-6-14(17)10-13(15)11-18-12-16(19)8-4-2-3-5-9-16/h6-7,10,18-19H,2-5,8-9,11-12H2,1H3. The molecule has 2 N–H and O–H groups in total. The molecule has 1 saturated carbocycles. The molecule has 0 unspecified atom stereocenters. The number of halogens is 1. The zero-order chi connectivity index (χ0) is 14.4. The number of hydrogen-bond donors (Lipinski definition) is 2. The second-order valence-corrected chi connectivity index (χ2v) is 6.61. The van der Waals surface area contributed by atoms with Gasteiger partial charge in [-0.3, -0.25) is 0 Å². The molecule has 1 aromatic carbocycles. The second kappa shape index (κ2) is 7.43. The number of hydrogen-bond acceptors (Lipinski definition) is 3. The highest BCUT2D eigenvalue weighted by Gasteiger charge is 2.27. The van der Waals surface area contributed by atoms with E-state index >= 15 is 0 Å². The van der Waals surface area contributed by atoms with E-state index in [0.29, 0.717) is 13.1 Å². The average molecular weight is 342 g/mol. The summed E-state index contributed by atoms with van der Waals surface area (Å²) in [5.74, 6) is 0.883. The van der Waals surface area contributed by atoms with Gasteiger partial charge in [0.15, 0.2) is 0 Å². The minimum absolute atomic E-state index is 0.532. The maximum Gasteiger partial charge on any atom is 0.123 e. The molecule has 0 heterocycles. The maximum atomic E-state index is 10.6. The first-order valence-electron chi connectivity index (χ1n) is 7.38. The Morgan fingerprint density at radius 1 is 1.25 bits per heavy atom. The lowest BCUT2D eigenvalue weighted by Crippen LogP contribution is -2.39. The molecule has 0 aromatic heterocycles. The lowest BCUT2D eigenvalue weighted by atomic mass is 9.94. The van der Waals surface area contributed by atoms with Gasteiger partial charge in [0, 0.05) is 23.1 Å². The van der Waals surface area contributed by atoms with Crippen LogP contribution < -0.4 is 10.1 Å². The molecule has 1 aromatic rings. The van der Waals surface area contributed by atoms with E-state index in [1.165, 1.54) is 12.8 Å². The molecule has 0 bridgehead atoms. The van der Waals surface area contributed by atoms with Gasteiger partial charge in [0.1, 0.15) is 5.75 Å². The smallest absolute Gasteiger partial charge is 0.123 e. The Hall–Kier alpha value is -0.580. The van der Waals surface area contributed by atoms with Gasteiger partial charge in [-0.05, 0) is 31.0 Å². The van der Waals surface area contributed by atoms with Crippen molar-refractivity contribution < 1.29 is 9.84 Å². The molecular weight excluding hydrogens is 318 g/mol. The Labute approximate surface area is 129 Å². The fourth-order valence-corrected chi connectivity index (χ4v) is 3.29. The van der Waals surface area contributed by atoms with Crippen molar-refractivity contribution in [3.05, 3.63) is 28.2 Å². The summed E-state index contributed by atoms with van der Waals surface area (Å²) in [6, 6.07) is 5.99. The van der Waals surface area contributed by atoms with E-state index in [9.17, 15) is 5.11 Å². The van der Waals surface area contributed by atoms with Crippen molar-refractivity contribution in [1.29, 1.82) is 0 Å². The van der Waals surface area contributed by atoms with E-state index < -0.39 is 5.60 Å². The molecule has 1 aliphatic carbocycles. The van der Waals surface area contributed by atoms with Crippen molar-refractivity contribution in [3.8, 4) is 5.75 Å². The third kappa shape index (κ3) is 4.47. The van der Waals surface area contributed by atoms with E-state index in [1.54, 1.807) is 7.11 Å². The van der Waals surface area contributed by atoms with E-state index in [0.717, 1.165) is 41.5 Å². The van der Waals surface area contributed by atoms with Crippen LogP contribution in [0.4, 0.5) is 0 Å². The summed E-state index contributed by atoms with van der Waals surface area (Å²) in [6.45, 7) is 1.37. The van der Waals surface area contributed by atoms with Gasteiger partial charge in [-0.1, -0.05) is 41.6 Å². The van der Waals surface area contributed by atoms with Crippen molar-refractivity contribution in [2.24, 2.45) is 0 Å². The van der Waals surface area contributed by atoms with Crippen LogP contribution in [-0.2, 0) is 6.54 Å². The Bertz CT molecular complexity index is 428. The third-order valence-electron chi connectivity index (χ3n) is 4.05. The van der Waals surface area contributed by atoms with Crippen LogP contribution in [0.1, 0.15) is 44.1 Å². The molecular formula is C16H24BrNO2. The Kier molecular flexibility index (Phi) is 5.87. The molecule has 0 saturated heterocycles. The van der Waals surface area contributed by atoms with Crippen molar-refractivity contribution in [2.75, 3.05) is 13.7 Å². The lowest BCUT2D eigenvalue weighted by Gasteiger charge is -2.27. The SMILES string of the molecule is COc1ccc(Br)cc1CNCC1(O)CCCCCC1. The number of nitrogens with one attached hydrogen (secondary N) is 1. The second-order valence-electron chi connectivity index (χ2n) is 5.70. The molecule has 1 fully saturated rings. The monoisotopic (exact) mass is 341 g/mol. The van der Waals surface area contributed by atoms with Crippen LogP contribution in [0.15, 0.2) is 22.7 Å². The fourth-order valence-electron chi connectivity index (χ4n) is 2.88. The number of aliphatic hydroxyl groups is 1. The van der Waals surface area contributed by atoms with Crippen molar-refractivity contribution in [2.45, 2.75) is 50.7 Å². The quantitative estimate of drug-likeness (QED) is 0.803. The van der Waals surface area contributed by atoms with Crippen molar-refractivity contribution in [3.63, 3.8) is 0 Å². The molecule has 0 atom stereocenters. The minimum atomic E-state index is -0.532. The first kappa shape index (κ1) is 15.8. The van der Waals surface area contributed by atoms with Gasteiger partial charge >= 0.3 is 0 Å². The average Bonchev–Trinajstić information content (AvgIpc) is 2.64. The maximum absolute atomic E-state index is 10.6. The predicted molar refractivity (Wildman–Crippen MR) is 85.1 cm³/mol. The van der Waals surface area contributed by atoms with E-state index in [2.05, 4.69) is 27.3 Å². The van der Waals surface area contributed by atoms with Crippen LogP contribution in [0.2, 0.25) is 0 Å². The summed E-state index contributed by atoms with van der Waals surface area (Å²) in [6.07, 6.45) is 6.60. The fraction of sp³-hybridized carbons (Fsp3) is 0.625. The number of methoxy groups -OCH3 is 1. The molecule has 2 rings (SSSR count). The van der Waals surface area contributed by atoms with Crippen LogP contribution in [0.25, 0.3) is 0 Å². The Morgan fingerprint density at radius 3 is 2.60 bits per heavy atom. The largest absolute Gasteiger partial charge is 0.496 e. The third-order valence-corrected chi connectivity index (χ3v) is 4.54. The molecule has 112 valence electrons. The highest BCUT2D eigenvalue weighted by Crippen LogP contribution is 2.27. The molecule has 4 heteroatoms. The summed E-state index contributed by atoms with van der Waals surface area (Å²) in [4.78, 5) is 0. The Morgan fingerprint density at radius 2 is 1.95 bits per heavy atom. The first-order valence-corrected chi connectivity index (χ1v) is 8.18. The van der Waals surface area contributed by atoms with Gasteiger partial charge in [0.25, 0.3) is 0 Å². The molecule has 1 aliphatic rings. The van der Waals surface area contributed by atoms with Gasteiger partial charge in [-0.25, -0.2) is 0 Å². The summed E-state index contributed by atoms with van der Waals surface area (Å²) in [5.41, 5.74) is 0.578. The van der Waals surface area contributed by atoms with Gasteiger partial charge in [-0.2, -0.15) is 0 Å². The van der Waals surface area contributed by atoms with Crippen LogP contribution in [0.3, 0.4) is 0 Å². The topological polar surface area (TPSA) is 41.5 Å². The van der Waals surface area contributed by atoms with Crippen LogP contribution in [-0.4, -0.2) is 24.4 Å². The van der Waals surface area contributed by atoms with Crippen LogP contribution >= 0.6 is 15.9 Å². The summed E-state index contributed by atoms with van der Waals surface area (Å²) >= 11 is 3.48. The van der Waals surface area contributed by atoms with Crippen LogP contribution in [0, 0.1) is 0 Å². The molecule has 20 heavy (non-hydrogen) atoms. The minimum Gasteiger partial charge on any atom is -0.496 e. The zero-order valence-electron chi connectivity index (χ0n) is 12.1. The van der Waals surface area contributed by atoms with Crippen molar-refractivity contribution in [1.82, 2.24) is 5.32 Å².